The van der Waals surface area contributed by atoms with E-state index >= 15 is 0 Å². The summed E-state index contributed by atoms with van der Waals surface area (Å²) in [6.45, 7) is 2.34. The van der Waals surface area contributed by atoms with Gasteiger partial charge in [0, 0.05) is 12.6 Å². The number of hydrogen-bond donors (Lipinski definition) is 0. The van der Waals surface area contributed by atoms with Gasteiger partial charge in [0.25, 0.3) is 10.0 Å². The van der Waals surface area contributed by atoms with Crippen molar-refractivity contribution in [1.29, 1.82) is 0 Å². The van der Waals surface area contributed by atoms with Gasteiger partial charge in [0.05, 0.1) is 5.88 Å². The van der Waals surface area contributed by atoms with E-state index in [4.69, 9.17) is 16.0 Å². The molecule has 0 saturated heterocycles. The predicted octanol–water partition coefficient (Wildman–Crippen LogP) is 2.97. The molecule has 1 heterocycles. The molecule has 0 N–H and O–H groups in total. The molecular formula is C12H18ClNO3S. The highest BCUT2D eigenvalue weighted by Crippen LogP contribution is 2.29. The Morgan fingerprint density at radius 3 is 2.56 bits per heavy atom. The van der Waals surface area contributed by atoms with Crippen molar-refractivity contribution in [2.75, 3.05) is 6.54 Å². The van der Waals surface area contributed by atoms with Crippen molar-refractivity contribution in [3.05, 3.63) is 17.9 Å². The van der Waals surface area contributed by atoms with Crippen LogP contribution in [-0.4, -0.2) is 25.3 Å². The average molecular weight is 292 g/mol. The second kappa shape index (κ2) is 5.63. The number of furan rings is 1. The van der Waals surface area contributed by atoms with E-state index in [9.17, 15) is 8.42 Å². The van der Waals surface area contributed by atoms with Crippen molar-refractivity contribution in [3.63, 3.8) is 0 Å². The normalized spacial score (nSPS) is 17.7. The first-order valence-corrected chi connectivity index (χ1v) is 8.23. The van der Waals surface area contributed by atoms with Gasteiger partial charge in [-0.05, 0) is 25.0 Å². The molecule has 1 aromatic rings. The molecule has 1 aliphatic carbocycles. The summed E-state index contributed by atoms with van der Waals surface area (Å²) in [7, 11) is -3.52. The monoisotopic (exact) mass is 291 g/mol. The van der Waals surface area contributed by atoms with Gasteiger partial charge in [0.2, 0.25) is 5.09 Å². The maximum absolute atomic E-state index is 12.5. The Balaban J connectivity index is 2.27. The van der Waals surface area contributed by atoms with Gasteiger partial charge in [-0.25, -0.2) is 8.42 Å². The molecule has 0 spiro atoms. The van der Waals surface area contributed by atoms with Crippen LogP contribution in [0.5, 0.6) is 0 Å². The lowest BCUT2D eigenvalue weighted by atomic mass is 10.2. The Labute approximate surface area is 113 Å². The highest BCUT2D eigenvalue weighted by atomic mass is 35.5. The number of hydrogen-bond acceptors (Lipinski definition) is 3. The predicted molar refractivity (Wildman–Crippen MR) is 70.1 cm³/mol. The first-order chi connectivity index (χ1) is 8.59. The van der Waals surface area contributed by atoms with Crippen LogP contribution < -0.4 is 0 Å². The van der Waals surface area contributed by atoms with Crippen LogP contribution in [0.25, 0.3) is 0 Å². The molecule has 0 atom stereocenters. The van der Waals surface area contributed by atoms with E-state index in [1.54, 1.807) is 10.4 Å². The minimum atomic E-state index is -3.52. The molecule has 0 amide bonds. The molecule has 1 saturated carbocycles. The molecule has 2 rings (SSSR count). The van der Waals surface area contributed by atoms with Crippen LogP contribution in [0.2, 0.25) is 0 Å². The summed E-state index contributed by atoms with van der Waals surface area (Å²) in [4.78, 5) is 0. The van der Waals surface area contributed by atoms with Crippen LogP contribution in [-0.2, 0) is 15.9 Å². The van der Waals surface area contributed by atoms with Gasteiger partial charge in [-0.2, -0.15) is 4.31 Å². The lowest BCUT2D eigenvalue weighted by Gasteiger charge is -2.25. The number of alkyl halides is 1. The fraction of sp³-hybridized carbons (Fsp3) is 0.667. The van der Waals surface area contributed by atoms with Crippen LogP contribution in [0, 0.1) is 0 Å². The first kappa shape index (κ1) is 13.9. The van der Waals surface area contributed by atoms with Crippen molar-refractivity contribution in [3.8, 4) is 0 Å². The largest absolute Gasteiger partial charge is 0.447 e. The zero-order valence-corrected chi connectivity index (χ0v) is 12.0. The number of sulfonamides is 1. The second-order valence-corrected chi connectivity index (χ2v) is 6.59. The third-order valence-corrected chi connectivity index (χ3v) is 5.54. The van der Waals surface area contributed by atoms with E-state index < -0.39 is 10.0 Å². The lowest BCUT2D eigenvalue weighted by Crippen LogP contribution is -2.38. The van der Waals surface area contributed by atoms with Crippen molar-refractivity contribution in [2.45, 2.75) is 49.6 Å². The molecule has 0 unspecified atom stereocenters. The van der Waals surface area contributed by atoms with E-state index in [0.29, 0.717) is 12.3 Å². The lowest BCUT2D eigenvalue weighted by molar-refractivity contribution is 0.319. The Morgan fingerprint density at radius 1 is 1.39 bits per heavy atom. The average Bonchev–Trinajstić information content (AvgIpc) is 3.00. The molecule has 1 fully saturated rings. The highest BCUT2D eigenvalue weighted by Gasteiger charge is 2.33. The molecule has 1 aliphatic rings. The number of nitrogens with zero attached hydrogens (tertiary/aromatic N) is 1. The maximum atomic E-state index is 12.5. The summed E-state index contributed by atoms with van der Waals surface area (Å²) in [5.74, 6) is 0.670. The third-order valence-electron chi connectivity index (χ3n) is 3.38. The van der Waals surface area contributed by atoms with Gasteiger partial charge in [-0.15, -0.1) is 11.6 Å². The number of halogens is 1. The van der Waals surface area contributed by atoms with Gasteiger partial charge in [-0.1, -0.05) is 19.8 Å². The van der Waals surface area contributed by atoms with Crippen LogP contribution in [0.4, 0.5) is 0 Å². The summed E-state index contributed by atoms with van der Waals surface area (Å²) >= 11 is 5.63. The van der Waals surface area contributed by atoms with Gasteiger partial charge >= 0.3 is 0 Å². The first-order valence-electron chi connectivity index (χ1n) is 6.26. The highest BCUT2D eigenvalue weighted by molar-refractivity contribution is 7.89. The van der Waals surface area contributed by atoms with Crippen molar-refractivity contribution in [2.24, 2.45) is 0 Å². The number of rotatable bonds is 5. The minimum absolute atomic E-state index is 0.00639. The van der Waals surface area contributed by atoms with E-state index in [1.807, 2.05) is 6.92 Å². The van der Waals surface area contributed by atoms with Crippen molar-refractivity contribution >= 4 is 21.6 Å². The molecule has 1 aromatic heterocycles. The summed E-state index contributed by atoms with van der Waals surface area (Å²) in [5.41, 5.74) is 0. The van der Waals surface area contributed by atoms with E-state index in [1.165, 1.54) is 6.07 Å². The quantitative estimate of drug-likeness (QED) is 0.784. The molecule has 0 radical (unpaired) electrons. The Bertz CT molecular complexity index is 491. The van der Waals surface area contributed by atoms with Crippen LogP contribution in [0.3, 0.4) is 0 Å². The molecule has 0 bridgehead atoms. The second-order valence-electron chi connectivity index (χ2n) is 4.50. The van der Waals surface area contributed by atoms with E-state index in [0.717, 1.165) is 25.7 Å². The summed E-state index contributed by atoms with van der Waals surface area (Å²) in [5, 5.41) is 0.00639. The van der Waals surface area contributed by atoms with Crippen LogP contribution >= 0.6 is 11.6 Å². The zero-order valence-electron chi connectivity index (χ0n) is 10.4. The van der Waals surface area contributed by atoms with Crippen LogP contribution in [0.1, 0.15) is 38.4 Å². The molecular weight excluding hydrogens is 274 g/mol. The fourth-order valence-corrected chi connectivity index (χ4v) is 4.27. The Kier molecular flexibility index (Phi) is 4.35. The van der Waals surface area contributed by atoms with Crippen molar-refractivity contribution < 1.29 is 12.8 Å². The maximum Gasteiger partial charge on any atom is 0.276 e. The molecule has 6 heteroatoms. The minimum Gasteiger partial charge on any atom is -0.447 e. The zero-order chi connectivity index (χ0) is 13.2. The van der Waals surface area contributed by atoms with Crippen molar-refractivity contribution in [1.82, 2.24) is 4.31 Å². The fourth-order valence-electron chi connectivity index (χ4n) is 2.50. The third kappa shape index (κ3) is 2.58. The summed E-state index contributed by atoms with van der Waals surface area (Å²) in [6.07, 6.45) is 4.08. The van der Waals surface area contributed by atoms with Crippen LogP contribution in [0.15, 0.2) is 21.6 Å². The molecule has 0 aliphatic heterocycles. The Morgan fingerprint density at radius 2 is 2.06 bits per heavy atom. The van der Waals surface area contributed by atoms with E-state index in [2.05, 4.69) is 0 Å². The summed E-state index contributed by atoms with van der Waals surface area (Å²) in [6, 6.07) is 3.22. The van der Waals surface area contributed by atoms with Gasteiger partial charge in [-0.3, -0.25) is 0 Å². The smallest absolute Gasteiger partial charge is 0.276 e. The Hall–Kier alpha value is -0.520. The standard InChI is InChI=1S/C12H18ClNO3S/c1-2-14(10-5-3-4-6-10)18(15,16)12-8-7-11(9-13)17-12/h7-8,10H,2-6,9H2,1H3. The van der Waals surface area contributed by atoms with E-state index in [-0.39, 0.29) is 17.0 Å². The SMILES string of the molecule is CCN(C1CCCC1)S(=O)(=O)c1ccc(CCl)o1. The van der Waals surface area contributed by atoms with Gasteiger partial charge in [0.1, 0.15) is 5.76 Å². The molecule has 18 heavy (non-hydrogen) atoms. The van der Waals surface area contributed by atoms with Gasteiger partial charge < -0.3 is 4.42 Å². The topological polar surface area (TPSA) is 50.5 Å². The molecule has 102 valence electrons. The molecule has 4 nitrogen and oxygen atoms in total. The molecule has 0 aromatic carbocycles. The van der Waals surface area contributed by atoms with Gasteiger partial charge in [0.15, 0.2) is 0 Å². The summed E-state index contributed by atoms with van der Waals surface area (Å²) < 4.78 is 31.8.